The van der Waals surface area contributed by atoms with Gasteiger partial charge in [0.25, 0.3) is 0 Å². The van der Waals surface area contributed by atoms with Crippen molar-refractivity contribution in [1.82, 2.24) is 0 Å². The number of hydrogen-bond donors (Lipinski definition) is 0. The van der Waals surface area contributed by atoms with Crippen molar-refractivity contribution in [2.45, 2.75) is 52.9 Å². The molecule has 6 rings (SSSR count). The predicted molar refractivity (Wildman–Crippen MR) is 186 cm³/mol. The van der Waals surface area contributed by atoms with Crippen LogP contribution < -0.4 is 23.7 Å². The smallest absolute Gasteiger partial charge is 0.311 e. The van der Waals surface area contributed by atoms with E-state index in [1.165, 1.54) is 0 Å². The number of carbonyl (C=O) groups excluding carboxylic acids is 1. The van der Waals surface area contributed by atoms with Crippen LogP contribution in [0.1, 0.15) is 52.0 Å². The lowest BCUT2D eigenvalue weighted by atomic mass is 9.84. The van der Waals surface area contributed by atoms with E-state index in [9.17, 15) is 4.79 Å². The van der Waals surface area contributed by atoms with E-state index in [1.54, 1.807) is 13.2 Å². The molecule has 0 spiro atoms. The normalized spacial score (nSPS) is 18.3. The molecule has 0 atom stereocenters. The summed E-state index contributed by atoms with van der Waals surface area (Å²) in [5, 5.41) is 0. The molecule has 3 aromatic rings. The molecule has 0 bridgehead atoms. The number of hydrogen-bond acceptors (Lipinski definition) is 9. The van der Waals surface area contributed by atoms with Crippen molar-refractivity contribution in [3.8, 4) is 39.9 Å². The number of esters is 1. The van der Waals surface area contributed by atoms with Crippen molar-refractivity contribution in [3.05, 3.63) is 66.2 Å². The lowest BCUT2D eigenvalue weighted by molar-refractivity contribution is -0.136. The van der Waals surface area contributed by atoms with Gasteiger partial charge >= 0.3 is 5.97 Å². The zero-order chi connectivity index (χ0) is 34.3. The molecule has 3 aromatic carbocycles. The molecule has 0 saturated carbocycles. The molecule has 264 valence electrons. The summed E-state index contributed by atoms with van der Waals surface area (Å²) in [6, 6.07) is 19.5. The first kappa shape index (κ1) is 35.1. The first-order valence-electron chi connectivity index (χ1n) is 17.6. The molecule has 3 heterocycles. The molecule has 0 N–H and O–H groups in total. The van der Waals surface area contributed by atoms with Crippen molar-refractivity contribution < 1.29 is 42.7 Å². The van der Waals surface area contributed by atoms with Crippen LogP contribution in [0, 0.1) is 16.2 Å². The number of rotatable bonds is 18. The van der Waals surface area contributed by atoms with Gasteiger partial charge in [-0.15, -0.1) is 0 Å². The van der Waals surface area contributed by atoms with Crippen LogP contribution in [0.4, 0.5) is 0 Å². The number of benzene rings is 3. The van der Waals surface area contributed by atoms with E-state index >= 15 is 0 Å². The van der Waals surface area contributed by atoms with Gasteiger partial charge in [-0.3, -0.25) is 4.79 Å². The fourth-order valence-electron chi connectivity index (χ4n) is 6.07. The zero-order valence-corrected chi connectivity index (χ0v) is 29.3. The Balaban J connectivity index is 1.06. The van der Waals surface area contributed by atoms with Gasteiger partial charge in [-0.05, 0) is 78.8 Å². The average molecular weight is 675 g/mol. The minimum atomic E-state index is -0.344. The maximum atomic E-state index is 13.0. The first-order valence-corrected chi connectivity index (χ1v) is 17.6. The maximum absolute atomic E-state index is 13.0. The predicted octanol–water partition coefficient (Wildman–Crippen LogP) is 7.32. The van der Waals surface area contributed by atoms with Crippen LogP contribution in [0.15, 0.2) is 60.7 Å². The highest BCUT2D eigenvalue weighted by Crippen LogP contribution is 2.39. The Labute approximate surface area is 290 Å². The van der Waals surface area contributed by atoms with E-state index in [2.05, 4.69) is 20.8 Å². The number of ether oxygens (including phenoxy) is 8. The molecule has 3 saturated heterocycles. The van der Waals surface area contributed by atoms with Crippen LogP contribution in [-0.4, -0.2) is 72.5 Å². The van der Waals surface area contributed by atoms with Crippen molar-refractivity contribution in [1.29, 1.82) is 0 Å². The second kappa shape index (κ2) is 15.4. The van der Waals surface area contributed by atoms with Crippen molar-refractivity contribution in [2.75, 3.05) is 66.6 Å². The van der Waals surface area contributed by atoms with E-state index in [-0.39, 0.29) is 28.6 Å². The lowest BCUT2D eigenvalue weighted by Gasteiger charge is -2.41. The molecule has 0 radical (unpaired) electrons. The highest BCUT2D eigenvalue weighted by Gasteiger charge is 2.40. The molecule has 3 aliphatic heterocycles. The molecule has 0 aliphatic carbocycles. The third-order valence-electron chi connectivity index (χ3n) is 10.5. The Kier molecular flexibility index (Phi) is 11.0. The maximum Gasteiger partial charge on any atom is 0.311 e. The second-order valence-corrected chi connectivity index (χ2v) is 14.1. The third kappa shape index (κ3) is 8.17. The molecule has 0 amide bonds. The van der Waals surface area contributed by atoms with E-state index in [1.807, 2.05) is 54.6 Å². The van der Waals surface area contributed by atoms with Crippen molar-refractivity contribution in [2.24, 2.45) is 16.2 Å². The highest BCUT2D eigenvalue weighted by molar-refractivity contribution is 5.75. The topological polar surface area (TPSA) is 90.9 Å². The van der Waals surface area contributed by atoms with Gasteiger partial charge in [0, 0.05) is 6.42 Å². The molecule has 9 nitrogen and oxygen atoms in total. The van der Waals surface area contributed by atoms with Gasteiger partial charge in [-0.1, -0.05) is 45.0 Å². The quantitative estimate of drug-likeness (QED) is 0.102. The summed E-state index contributed by atoms with van der Waals surface area (Å²) in [5.41, 5.74) is 3.12. The molecule has 49 heavy (non-hydrogen) atoms. The zero-order valence-electron chi connectivity index (χ0n) is 29.3. The van der Waals surface area contributed by atoms with Gasteiger partial charge in [0.2, 0.25) is 0 Å². The van der Waals surface area contributed by atoms with Crippen molar-refractivity contribution >= 4 is 5.97 Å². The summed E-state index contributed by atoms with van der Waals surface area (Å²) in [5.74, 6) is 2.75. The lowest BCUT2D eigenvalue weighted by Crippen LogP contribution is -2.47. The van der Waals surface area contributed by atoms with Crippen LogP contribution in [0.5, 0.6) is 28.7 Å². The largest absolute Gasteiger partial charge is 0.493 e. The molecular weight excluding hydrogens is 624 g/mol. The second-order valence-electron chi connectivity index (χ2n) is 14.1. The van der Waals surface area contributed by atoms with Crippen LogP contribution >= 0.6 is 0 Å². The summed E-state index contributed by atoms with van der Waals surface area (Å²) in [7, 11) is 1.57. The van der Waals surface area contributed by atoms with Gasteiger partial charge in [0.1, 0.15) is 5.75 Å². The average Bonchev–Trinajstić information content (AvgIpc) is 3.07. The Hall–Kier alpha value is -3.79. The summed E-state index contributed by atoms with van der Waals surface area (Å²) in [6.45, 7) is 12.6. The minimum absolute atomic E-state index is 0.0273. The highest BCUT2D eigenvalue weighted by atomic mass is 16.6. The number of aryl methyl sites for hydroxylation is 1. The molecule has 3 aliphatic rings. The van der Waals surface area contributed by atoms with Crippen LogP contribution in [0.2, 0.25) is 0 Å². The Morgan fingerprint density at radius 3 is 1.67 bits per heavy atom. The Morgan fingerprint density at radius 1 is 0.612 bits per heavy atom. The fraction of sp³-hybridized carbons (Fsp3) is 0.525. The molecule has 0 aromatic heterocycles. The molecule has 9 heteroatoms. The van der Waals surface area contributed by atoms with Crippen LogP contribution in [0.25, 0.3) is 11.1 Å². The van der Waals surface area contributed by atoms with E-state index in [0.29, 0.717) is 75.7 Å². The summed E-state index contributed by atoms with van der Waals surface area (Å²) >= 11 is 0. The summed E-state index contributed by atoms with van der Waals surface area (Å²) in [6.07, 6.45) is 3.69. The Bertz CT molecular complexity index is 1540. The molecule has 0 unspecified atom stereocenters. The fourth-order valence-corrected chi connectivity index (χ4v) is 6.07. The third-order valence-corrected chi connectivity index (χ3v) is 10.5. The van der Waals surface area contributed by atoms with Gasteiger partial charge < -0.3 is 37.9 Å². The van der Waals surface area contributed by atoms with E-state index < -0.39 is 0 Å². The first-order chi connectivity index (χ1) is 23.8. The number of methoxy groups -OCH3 is 1. The summed E-state index contributed by atoms with van der Waals surface area (Å²) < 4.78 is 46.5. The monoisotopic (exact) mass is 674 g/mol. The summed E-state index contributed by atoms with van der Waals surface area (Å²) in [4.78, 5) is 13.0. The van der Waals surface area contributed by atoms with Gasteiger partial charge in [0.05, 0.1) is 82.8 Å². The van der Waals surface area contributed by atoms with Crippen molar-refractivity contribution in [3.63, 3.8) is 0 Å². The van der Waals surface area contributed by atoms with Gasteiger partial charge in [-0.2, -0.15) is 0 Å². The number of carbonyl (C=O) groups is 1. The molecular formula is C40H50O9. The standard InChI is InChI=1S/C40H50O9/c1-5-38(20-43-21-38)26-46-32-13-10-30(11-14-32)31-12-16-34(35(19-31)42-4)49-37(41)17-9-29-8-15-33(47-27-39(6-2)22-44-23-39)36(18-29)48-28-40(7-3)24-45-25-40/h8,10-16,18-19H,5-7,9,17,20-28H2,1-4H3. The van der Waals surface area contributed by atoms with Crippen LogP contribution in [-0.2, 0) is 25.4 Å². The minimum Gasteiger partial charge on any atom is -0.493 e. The SMILES string of the molecule is CCC1(COc2ccc(-c3ccc(OC(=O)CCc4ccc(OCC5(CC)COC5)c(OCC5(CC)COC5)c4)c(OC)c3)cc2)COC1. The van der Waals surface area contributed by atoms with E-state index in [0.717, 1.165) is 54.9 Å². The van der Waals surface area contributed by atoms with Crippen LogP contribution in [0.3, 0.4) is 0 Å². The van der Waals surface area contributed by atoms with E-state index in [4.69, 9.17) is 37.9 Å². The van der Waals surface area contributed by atoms with Gasteiger partial charge in [0.15, 0.2) is 23.0 Å². The molecule has 3 fully saturated rings. The van der Waals surface area contributed by atoms with Gasteiger partial charge in [-0.25, -0.2) is 0 Å². The Morgan fingerprint density at radius 2 is 1.14 bits per heavy atom.